The Morgan fingerprint density at radius 3 is 2.39 bits per heavy atom. The minimum absolute atomic E-state index is 0.278. The monoisotopic (exact) mass is 263 g/mol. The van der Waals surface area contributed by atoms with Gasteiger partial charge in [0.05, 0.1) is 11.3 Å². The lowest BCUT2D eigenvalue weighted by atomic mass is 10.1. The number of amidine groups is 1. The number of rotatable bonds is 2. The molecular formula is C12H13N3O2S. The molecule has 0 aromatic heterocycles. The lowest BCUT2D eigenvalue weighted by Crippen LogP contribution is -2.23. The van der Waals surface area contributed by atoms with E-state index in [4.69, 9.17) is 5.11 Å². The van der Waals surface area contributed by atoms with Gasteiger partial charge >= 0.3 is 5.97 Å². The van der Waals surface area contributed by atoms with E-state index in [1.165, 1.54) is 0 Å². The highest BCUT2D eigenvalue weighted by Crippen LogP contribution is 2.17. The highest BCUT2D eigenvalue weighted by atomic mass is 32.2. The van der Waals surface area contributed by atoms with Crippen molar-refractivity contribution < 1.29 is 9.90 Å². The number of hydrogen-bond acceptors (Lipinski definition) is 5. The van der Waals surface area contributed by atoms with Crippen LogP contribution < -0.4 is 0 Å². The summed E-state index contributed by atoms with van der Waals surface area (Å²) in [6.45, 7) is 0. The fourth-order valence-electron chi connectivity index (χ4n) is 1.46. The quantitative estimate of drug-likeness (QED) is 0.883. The van der Waals surface area contributed by atoms with Crippen LogP contribution in [0.1, 0.15) is 15.9 Å². The van der Waals surface area contributed by atoms with Crippen molar-refractivity contribution in [2.75, 3.05) is 19.8 Å². The second-order valence-electron chi connectivity index (χ2n) is 3.99. The molecule has 1 N–H and O–H groups in total. The molecule has 0 saturated carbocycles. The second-order valence-corrected chi connectivity index (χ2v) is 4.94. The minimum atomic E-state index is -0.922. The number of nitrogens with zero attached hydrogens (tertiary/aromatic N) is 3. The van der Waals surface area contributed by atoms with Crippen LogP contribution >= 0.6 is 11.8 Å². The van der Waals surface area contributed by atoms with Gasteiger partial charge in [0.1, 0.15) is 0 Å². The first kappa shape index (κ1) is 12.6. The van der Waals surface area contributed by atoms with Gasteiger partial charge in [0.15, 0.2) is 5.17 Å². The summed E-state index contributed by atoms with van der Waals surface area (Å²) < 4.78 is 0. The van der Waals surface area contributed by atoms with Gasteiger partial charge in [-0.3, -0.25) is 0 Å². The molecule has 1 aromatic rings. The highest BCUT2D eigenvalue weighted by Gasteiger charge is 2.14. The van der Waals surface area contributed by atoms with Gasteiger partial charge in [-0.15, -0.1) is 5.10 Å². The maximum Gasteiger partial charge on any atom is 0.335 e. The third-order valence-corrected chi connectivity index (χ3v) is 3.56. The topological polar surface area (TPSA) is 65.3 Å². The first-order chi connectivity index (χ1) is 8.58. The maximum atomic E-state index is 10.7. The van der Waals surface area contributed by atoms with Crippen LogP contribution in [-0.2, 0) is 0 Å². The summed E-state index contributed by atoms with van der Waals surface area (Å²) in [5, 5.41) is 18.0. The standard InChI is InChI=1S/C12H13N3O2S/c1-15(2)12-14-13-10(7-18-12)8-3-5-9(6-4-8)11(16)17/h3-6H,7H2,1-2H3,(H,16,17). The Morgan fingerprint density at radius 1 is 1.28 bits per heavy atom. The van der Waals surface area contributed by atoms with Crippen molar-refractivity contribution in [2.24, 2.45) is 10.2 Å². The van der Waals surface area contributed by atoms with Crippen molar-refractivity contribution in [2.45, 2.75) is 0 Å². The first-order valence-corrected chi connectivity index (χ1v) is 6.35. The van der Waals surface area contributed by atoms with E-state index in [1.54, 1.807) is 36.0 Å². The molecule has 94 valence electrons. The second kappa shape index (κ2) is 5.22. The Bertz CT molecular complexity index is 521. The molecule has 1 aromatic carbocycles. The van der Waals surface area contributed by atoms with Gasteiger partial charge < -0.3 is 10.0 Å². The zero-order chi connectivity index (χ0) is 13.1. The fourth-order valence-corrected chi connectivity index (χ4v) is 2.31. The smallest absolute Gasteiger partial charge is 0.335 e. The number of aromatic carboxylic acids is 1. The fraction of sp³-hybridized carbons (Fsp3) is 0.250. The van der Waals surface area contributed by atoms with Gasteiger partial charge in [-0.05, 0) is 17.7 Å². The van der Waals surface area contributed by atoms with Crippen molar-refractivity contribution >= 4 is 28.6 Å². The van der Waals surface area contributed by atoms with E-state index in [1.807, 2.05) is 19.0 Å². The van der Waals surface area contributed by atoms with Gasteiger partial charge in [-0.2, -0.15) is 5.10 Å². The average Bonchev–Trinajstić information content (AvgIpc) is 2.39. The molecule has 0 aliphatic carbocycles. The molecule has 0 spiro atoms. The molecule has 6 heteroatoms. The van der Waals surface area contributed by atoms with Crippen LogP contribution in [0.3, 0.4) is 0 Å². The minimum Gasteiger partial charge on any atom is -0.478 e. The summed E-state index contributed by atoms with van der Waals surface area (Å²) in [4.78, 5) is 12.7. The first-order valence-electron chi connectivity index (χ1n) is 5.36. The maximum absolute atomic E-state index is 10.7. The van der Waals surface area contributed by atoms with Crippen LogP contribution in [0.5, 0.6) is 0 Å². The summed E-state index contributed by atoms with van der Waals surface area (Å²) in [6.07, 6.45) is 0. The van der Waals surface area contributed by atoms with E-state index >= 15 is 0 Å². The normalized spacial score (nSPS) is 14.8. The Labute approximate surface area is 109 Å². The number of carbonyl (C=O) groups is 1. The molecule has 0 amide bonds. The summed E-state index contributed by atoms with van der Waals surface area (Å²) >= 11 is 1.61. The molecule has 18 heavy (non-hydrogen) atoms. The number of hydrogen-bond donors (Lipinski definition) is 1. The van der Waals surface area contributed by atoms with Crippen molar-refractivity contribution in [3.63, 3.8) is 0 Å². The van der Waals surface area contributed by atoms with Gasteiger partial charge in [0.25, 0.3) is 0 Å². The van der Waals surface area contributed by atoms with Gasteiger partial charge in [-0.25, -0.2) is 4.79 Å². The summed E-state index contributed by atoms with van der Waals surface area (Å²) in [7, 11) is 3.85. The number of carboxylic acids is 1. The third-order valence-electron chi connectivity index (χ3n) is 2.44. The SMILES string of the molecule is CN(C)C1=NN=C(c2ccc(C(=O)O)cc2)CS1. The Kier molecular flexibility index (Phi) is 3.66. The zero-order valence-electron chi connectivity index (χ0n) is 10.1. The van der Waals surface area contributed by atoms with Gasteiger partial charge in [-0.1, -0.05) is 23.9 Å². The molecule has 0 radical (unpaired) electrons. The van der Waals surface area contributed by atoms with Crippen LogP contribution in [0.2, 0.25) is 0 Å². The van der Waals surface area contributed by atoms with Gasteiger partial charge in [0, 0.05) is 19.8 Å². The number of carboxylic acid groups (broad SMARTS) is 1. The number of benzene rings is 1. The largest absolute Gasteiger partial charge is 0.478 e. The molecule has 1 aliphatic rings. The Morgan fingerprint density at radius 2 is 1.94 bits per heavy atom. The van der Waals surface area contributed by atoms with Gasteiger partial charge in [0.2, 0.25) is 0 Å². The average molecular weight is 263 g/mol. The van der Waals surface area contributed by atoms with Crippen LogP contribution in [-0.4, -0.2) is 46.7 Å². The lowest BCUT2D eigenvalue weighted by Gasteiger charge is -2.17. The molecule has 2 rings (SSSR count). The van der Waals surface area contributed by atoms with E-state index < -0.39 is 5.97 Å². The van der Waals surface area contributed by atoms with Crippen molar-refractivity contribution in [1.82, 2.24) is 4.90 Å². The summed E-state index contributed by atoms with van der Waals surface area (Å²) in [6, 6.07) is 6.68. The van der Waals surface area contributed by atoms with Crippen molar-refractivity contribution in [1.29, 1.82) is 0 Å². The van der Waals surface area contributed by atoms with Crippen molar-refractivity contribution in [3.05, 3.63) is 35.4 Å². The van der Waals surface area contributed by atoms with E-state index in [2.05, 4.69) is 10.2 Å². The summed E-state index contributed by atoms with van der Waals surface area (Å²) in [5.74, 6) is -0.182. The van der Waals surface area contributed by atoms with Crippen LogP contribution in [0, 0.1) is 0 Å². The van der Waals surface area contributed by atoms with E-state index in [9.17, 15) is 4.79 Å². The van der Waals surface area contributed by atoms with E-state index in [0.717, 1.165) is 22.2 Å². The number of thioether (sulfide) groups is 1. The summed E-state index contributed by atoms with van der Waals surface area (Å²) in [5.41, 5.74) is 2.05. The Hall–Kier alpha value is -1.82. The van der Waals surface area contributed by atoms with Crippen molar-refractivity contribution in [3.8, 4) is 0 Å². The van der Waals surface area contributed by atoms with E-state index in [-0.39, 0.29) is 5.56 Å². The highest BCUT2D eigenvalue weighted by molar-refractivity contribution is 8.14. The Balaban J connectivity index is 2.21. The molecule has 5 nitrogen and oxygen atoms in total. The molecule has 0 saturated heterocycles. The van der Waals surface area contributed by atoms with Crippen LogP contribution in [0.4, 0.5) is 0 Å². The molecule has 0 fully saturated rings. The molecule has 0 bridgehead atoms. The van der Waals surface area contributed by atoms with Crippen LogP contribution in [0.15, 0.2) is 34.5 Å². The molecule has 0 atom stereocenters. The predicted octanol–water partition coefficient (Wildman–Crippen LogP) is 1.75. The van der Waals surface area contributed by atoms with Crippen LogP contribution in [0.25, 0.3) is 0 Å². The molecule has 1 heterocycles. The predicted molar refractivity (Wildman–Crippen MR) is 73.5 cm³/mol. The molecule has 1 aliphatic heterocycles. The molecular weight excluding hydrogens is 250 g/mol. The third kappa shape index (κ3) is 2.70. The lowest BCUT2D eigenvalue weighted by molar-refractivity contribution is 0.0697. The molecule has 0 unspecified atom stereocenters. The van der Waals surface area contributed by atoms with E-state index in [0.29, 0.717) is 0 Å². The zero-order valence-corrected chi connectivity index (χ0v) is 10.9.